The minimum Gasteiger partial charge on any atom is -0.484 e. The highest BCUT2D eigenvalue weighted by Gasteiger charge is 2.28. The predicted octanol–water partition coefficient (Wildman–Crippen LogP) is 0.527. The van der Waals surface area contributed by atoms with Crippen molar-refractivity contribution >= 4 is 23.8 Å². The third-order valence-electron chi connectivity index (χ3n) is 4.37. The summed E-state index contributed by atoms with van der Waals surface area (Å²) in [5, 5.41) is 2.37. The van der Waals surface area contributed by atoms with Crippen LogP contribution in [0.15, 0.2) is 30.3 Å². The SMILES string of the molecule is CCOC(=O)C1CCN(C(=O)COC(=O)CNC(=O)COc2ccccc2)CC1. The first-order valence-electron chi connectivity index (χ1n) is 9.54. The second-order valence-electron chi connectivity index (χ2n) is 6.45. The van der Waals surface area contributed by atoms with E-state index < -0.39 is 18.5 Å². The largest absolute Gasteiger partial charge is 0.484 e. The zero-order valence-corrected chi connectivity index (χ0v) is 16.4. The maximum atomic E-state index is 12.1. The number of nitrogens with zero attached hydrogens (tertiary/aromatic N) is 1. The third kappa shape index (κ3) is 7.81. The molecule has 1 aliphatic rings. The van der Waals surface area contributed by atoms with Crippen molar-refractivity contribution in [3.8, 4) is 5.75 Å². The van der Waals surface area contributed by atoms with E-state index >= 15 is 0 Å². The lowest BCUT2D eigenvalue weighted by molar-refractivity contribution is -0.154. The average Bonchev–Trinajstić information content (AvgIpc) is 2.75. The van der Waals surface area contributed by atoms with E-state index in [9.17, 15) is 19.2 Å². The first-order valence-corrected chi connectivity index (χ1v) is 9.54. The van der Waals surface area contributed by atoms with E-state index in [1.807, 2.05) is 6.07 Å². The van der Waals surface area contributed by atoms with Crippen LogP contribution >= 0.6 is 0 Å². The summed E-state index contributed by atoms with van der Waals surface area (Å²) in [6.45, 7) is 1.92. The van der Waals surface area contributed by atoms with Crippen LogP contribution in [-0.4, -0.2) is 68.1 Å². The number of rotatable bonds is 9. The fourth-order valence-corrected chi connectivity index (χ4v) is 2.80. The van der Waals surface area contributed by atoms with Crippen LogP contribution in [0, 0.1) is 5.92 Å². The highest BCUT2D eigenvalue weighted by Crippen LogP contribution is 2.18. The lowest BCUT2D eigenvalue weighted by atomic mass is 9.97. The highest BCUT2D eigenvalue weighted by molar-refractivity contribution is 5.85. The Morgan fingerprint density at radius 2 is 1.72 bits per heavy atom. The van der Waals surface area contributed by atoms with E-state index in [-0.39, 0.29) is 30.9 Å². The van der Waals surface area contributed by atoms with Crippen LogP contribution in [0.3, 0.4) is 0 Å². The van der Waals surface area contributed by atoms with Gasteiger partial charge in [0.25, 0.3) is 11.8 Å². The molecule has 1 heterocycles. The predicted molar refractivity (Wildman–Crippen MR) is 102 cm³/mol. The summed E-state index contributed by atoms with van der Waals surface area (Å²) in [5.74, 6) is -1.42. The van der Waals surface area contributed by atoms with Crippen molar-refractivity contribution in [3.63, 3.8) is 0 Å². The molecule has 158 valence electrons. The normalized spacial score (nSPS) is 14.0. The molecule has 0 atom stereocenters. The van der Waals surface area contributed by atoms with Crippen LogP contribution < -0.4 is 10.1 Å². The Bertz CT molecular complexity index is 700. The summed E-state index contributed by atoms with van der Waals surface area (Å²) in [6.07, 6.45) is 1.05. The van der Waals surface area contributed by atoms with Gasteiger partial charge in [0.1, 0.15) is 12.3 Å². The van der Waals surface area contributed by atoms with Crippen molar-refractivity contribution < 1.29 is 33.4 Å². The maximum Gasteiger partial charge on any atom is 0.325 e. The van der Waals surface area contributed by atoms with Crippen molar-refractivity contribution in [2.75, 3.05) is 39.5 Å². The molecule has 0 radical (unpaired) electrons. The Kier molecular flexibility index (Phi) is 8.94. The van der Waals surface area contributed by atoms with Gasteiger partial charge in [-0.3, -0.25) is 19.2 Å². The zero-order valence-electron chi connectivity index (χ0n) is 16.4. The molecule has 1 N–H and O–H groups in total. The van der Waals surface area contributed by atoms with Crippen LogP contribution in [0.5, 0.6) is 5.75 Å². The smallest absolute Gasteiger partial charge is 0.325 e. The van der Waals surface area contributed by atoms with Crippen LogP contribution in [0.4, 0.5) is 0 Å². The summed E-state index contributed by atoms with van der Waals surface area (Å²) in [4.78, 5) is 48.8. The van der Waals surface area contributed by atoms with Crippen LogP contribution in [0.2, 0.25) is 0 Å². The van der Waals surface area contributed by atoms with E-state index in [0.717, 1.165) is 0 Å². The van der Waals surface area contributed by atoms with Gasteiger partial charge in [0.2, 0.25) is 0 Å². The number of benzene rings is 1. The van der Waals surface area contributed by atoms with Gasteiger partial charge in [-0.25, -0.2) is 0 Å². The van der Waals surface area contributed by atoms with Crippen molar-refractivity contribution in [2.45, 2.75) is 19.8 Å². The standard InChI is InChI=1S/C20H26N2O7/c1-2-27-20(26)15-8-10-22(11-9-15)18(24)14-29-19(25)12-21-17(23)13-28-16-6-4-3-5-7-16/h3-7,15H,2,8-14H2,1H3,(H,21,23). The number of nitrogens with one attached hydrogen (secondary N) is 1. The Balaban J connectivity index is 1.59. The number of hydrogen-bond acceptors (Lipinski definition) is 7. The zero-order chi connectivity index (χ0) is 21.1. The molecule has 0 unspecified atom stereocenters. The molecule has 0 aliphatic carbocycles. The fourth-order valence-electron chi connectivity index (χ4n) is 2.80. The monoisotopic (exact) mass is 406 g/mol. The number of hydrogen-bond donors (Lipinski definition) is 1. The summed E-state index contributed by atoms with van der Waals surface area (Å²) >= 11 is 0. The van der Waals surface area contributed by atoms with Gasteiger partial charge in [0, 0.05) is 13.1 Å². The summed E-state index contributed by atoms with van der Waals surface area (Å²) in [7, 11) is 0. The molecule has 0 aromatic heterocycles. The lowest BCUT2D eigenvalue weighted by Gasteiger charge is -2.30. The van der Waals surface area contributed by atoms with E-state index in [1.54, 1.807) is 36.1 Å². The Morgan fingerprint density at radius 3 is 2.38 bits per heavy atom. The molecule has 2 rings (SSSR count). The van der Waals surface area contributed by atoms with Crippen LogP contribution in [0.25, 0.3) is 0 Å². The molecule has 29 heavy (non-hydrogen) atoms. The number of carbonyl (C=O) groups excluding carboxylic acids is 4. The van der Waals surface area contributed by atoms with Gasteiger partial charge in [-0.2, -0.15) is 0 Å². The second kappa shape index (κ2) is 11.7. The summed E-state index contributed by atoms with van der Waals surface area (Å²) in [6, 6.07) is 8.81. The van der Waals surface area contributed by atoms with E-state index in [2.05, 4.69) is 5.32 Å². The fraction of sp³-hybridized carbons (Fsp3) is 0.500. The van der Waals surface area contributed by atoms with Crippen LogP contribution in [-0.2, 0) is 28.7 Å². The molecule has 1 aromatic carbocycles. The molecule has 1 aromatic rings. The van der Waals surface area contributed by atoms with Gasteiger partial charge < -0.3 is 24.4 Å². The molecular formula is C20H26N2O7. The number of likely N-dealkylation sites (tertiary alicyclic amines) is 1. The minimum absolute atomic E-state index is 0.199. The second-order valence-corrected chi connectivity index (χ2v) is 6.45. The van der Waals surface area contributed by atoms with Gasteiger partial charge in [0.05, 0.1) is 12.5 Å². The summed E-state index contributed by atoms with van der Waals surface area (Å²) < 4.78 is 15.2. The Morgan fingerprint density at radius 1 is 1.03 bits per heavy atom. The molecule has 9 heteroatoms. The topological polar surface area (TPSA) is 111 Å². The van der Waals surface area contributed by atoms with Crippen molar-refractivity contribution in [1.29, 1.82) is 0 Å². The first-order chi connectivity index (χ1) is 14.0. The molecule has 1 aliphatic heterocycles. The Labute approximate surface area is 169 Å². The van der Waals surface area contributed by atoms with E-state index in [1.165, 1.54) is 0 Å². The number of carbonyl (C=O) groups is 4. The van der Waals surface area contributed by atoms with Gasteiger partial charge in [-0.15, -0.1) is 0 Å². The number of amides is 2. The Hall–Kier alpha value is -3.10. The molecule has 0 spiro atoms. The number of para-hydroxylation sites is 1. The highest BCUT2D eigenvalue weighted by atomic mass is 16.5. The van der Waals surface area contributed by atoms with Gasteiger partial charge in [-0.1, -0.05) is 18.2 Å². The molecule has 0 bridgehead atoms. The van der Waals surface area contributed by atoms with Gasteiger partial charge in [0.15, 0.2) is 13.2 Å². The van der Waals surface area contributed by atoms with Crippen LogP contribution in [0.1, 0.15) is 19.8 Å². The van der Waals surface area contributed by atoms with E-state index in [4.69, 9.17) is 14.2 Å². The molecule has 9 nitrogen and oxygen atoms in total. The third-order valence-corrected chi connectivity index (χ3v) is 4.37. The molecular weight excluding hydrogens is 380 g/mol. The lowest BCUT2D eigenvalue weighted by Crippen LogP contribution is -2.43. The minimum atomic E-state index is -0.715. The molecule has 2 amide bonds. The average molecular weight is 406 g/mol. The summed E-state index contributed by atoms with van der Waals surface area (Å²) in [5.41, 5.74) is 0. The van der Waals surface area contributed by atoms with Crippen molar-refractivity contribution in [1.82, 2.24) is 10.2 Å². The quantitative estimate of drug-likeness (QED) is 0.595. The molecule has 0 saturated carbocycles. The number of ether oxygens (including phenoxy) is 3. The number of esters is 2. The maximum absolute atomic E-state index is 12.1. The van der Waals surface area contributed by atoms with Crippen molar-refractivity contribution in [2.24, 2.45) is 5.92 Å². The molecule has 1 fully saturated rings. The van der Waals surface area contributed by atoms with Gasteiger partial charge >= 0.3 is 11.9 Å². The van der Waals surface area contributed by atoms with E-state index in [0.29, 0.717) is 38.3 Å². The first kappa shape index (κ1) is 22.2. The number of piperidine rings is 1. The molecule has 1 saturated heterocycles. The van der Waals surface area contributed by atoms with Crippen molar-refractivity contribution in [3.05, 3.63) is 30.3 Å². The van der Waals surface area contributed by atoms with Gasteiger partial charge in [-0.05, 0) is 31.9 Å².